The lowest BCUT2D eigenvalue weighted by Gasteiger charge is -2.57. The Hall–Kier alpha value is -3.19. The number of hydrogen-bond acceptors (Lipinski definition) is 5. The Morgan fingerprint density at radius 2 is 1.02 bits per heavy atom. The maximum atomic E-state index is 14.6. The summed E-state index contributed by atoms with van der Waals surface area (Å²) in [6, 6.07) is -0.453. The molecule has 368 valence electrons. The number of hydrogen-bond donors (Lipinski definition) is 1. The van der Waals surface area contributed by atoms with Crippen LogP contribution in [0.4, 0.5) is 0 Å². The van der Waals surface area contributed by atoms with Crippen molar-refractivity contribution in [2.24, 2.45) is 17.8 Å². The lowest BCUT2D eigenvalue weighted by Crippen LogP contribution is -2.63. The van der Waals surface area contributed by atoms with E-state index < -0.39 is 6.04 Å². The molecule has 7 heteroatoms. The average molecular weight is 900 g/mol. The standard InChI is InChI=1S/C58H97N3O4/c1-5-7-9-11-13-15-17-19-21-23-25-27-29-31-35-40-55(62)61(43-38-42-60(3)4)54(57(64)59-58-48-51-45-52(49-58)47-53(46-51)50-58)39-34-33-37-44-65-56(63)41-36-32-30-28-26-24-22-20-18-16-14-12-10-8-6-2/h7-10,13-16,19-22,51-54H,5-6,11-12,17-18,23-50H2,1-4H3,(H,59,64)/b9-7-,10-8-,15-13-,16-14-,21-19-,22-20-. The van der Waals surface area contributed by atoms with Gasteiger partial charge in [-0.2, -0.15) is 0 Å². The molecule has 1 atom stereocenters. The van der Waals surface area contributed by atoms with E-state index in [0.717, 1.165) is 159 Å². The van der Waals surface area contributed by atoms with E-state index in [4.69, 9.17) is 4.74 Å². The summed E-state index contributed by atoms with van der Waals surface area (Å²) in [5.41, 5.74) is -0.0884. The van der Waals surface area contributed by atoms with Crippen molar-refractivity contribution in [3.8, 4) is 0 Å². The zero-order valence-electron chi connectivity index (χ0n) is 42.3. The van der Waals surface area contributed by atoms with Crippen LogP contribution in [-0.2, 0) is 19.1 Å². The quantitative estimate of drug-likeness (QED) is 0.0378. The van der Waals surface area contributed by atoms with Crippen LogP contribution in [0.25, 0.3) is 0 Å². The first-order chi connectivity index (χ1) is 31.7. The minimum absolute atomic E-state index is 0.0730. The van der Waals surface area contributed by atoms with Crippen molar-refractivity contribution < 1.29 is 19.1 Å². The molecule has 2 amide bonds. The Balaban J connectivity index is 1.41. The van der Waals surface area contributed by atoms with Gasteiger partial charge in [0, 0.05) is 24.9 Å². The Bertz CT molecular complexity index is 1420. The molecular formula is C58H97N3O4. The van der Waals surface area contributed by atoms with Gasteiger partial charge in [-0.15, -0.1) is 0 Å². The minimum Gasteiger partial charge on any atom is -0.466 e. The van der Waals surface area contributed by atoms with Gasteiger partial charge in [0.1, 0.15) is 6.04 Å². The van der Waals surface area contributed by atoms with Crippen molar-refractivity contribution in [2.75, 3.05) is 33.8 Å². The molecule has 65 heavy (non-hydrogen) atoms. The number of nitrogens with zero attached hydrogens (tertiary/aromatic N) is 2. The van der Waals surface area contributed by atoms with Crippen molar-refractivity contribution in [2.45, 2.75) is 224 Å². The lowest BCUT2D eigenvalue weighted by molar-refractivity contribution is -0.144. The van der Waals surface area contributed by atoms with E-state index in [1.165, 1.54) is 44.9 Å². The molecule has 4 aliphatic rings. The van der Waals surface area contributed by atoms with E-state index in [-0.39, 0.29) is 23.3 Å². The lowest BCUT2D eigenvalue weighted by atomic mass is 9.53. The van der Waals surface area contributed by atoms with Gasteiger partial charge in [0.25, 0.3) is 0 Å². The van der Waals surface area contributed by atoms with E-state index in [2.05, 4.69) is 111 Å². The summed E-state index contributed by atoms with van der Waals surface area (Å²) >= 11 is 0. The number of nitrogens with one attached hydrogen (secondary N) is 1. The van der Waals surface area contributed by atoms with E-state index in [1.807, 2.05) is 4.90 Å². The minimum atomic E-state index is -0.453. The average Bonchev–Trinajstić information content (AvgIpc) is 3.27. The van der Waals surface area contributed by atoms with Crippen molar-refractivity contribution in [3.05, 3.63) is 72.9 Å². The fraction of sp³-hybridized carbons (Fsp3) is 0.741. The molecular weight excluding hydrogens is 803 g/mol. The molecule has 0 aromatic heterocycles. The van der Waals surface area contributed by atoms with Crippen LogP contribution in [0, 0.1) is 17.8 Å². The van der Waals surface area contributed by atoms with Gasteiger partial charge in [0.05, 0.1) is 6.61 Å². The normalized spacial score (nSPS) is 21.2. The molecule has 7 nitrogen and oxygen atoms in total. The number of carbonyl (C=O) groups is 3. The summed E-state index contributed by atoms with van der Waals surface area (Å²) in [5.74, 6) is 2.34. The molecule has 1 N–H and O–H groups in total. The Kier molecular flexibility index (Phi) is 31.0. The number of esters is 1. The zero-order valence-corrected chi connectivity index (χ0v) is 42.3. The van der Waals surface area contributed by atoms with Gasteiger partial charge in [-0.1, -0.05) is 132 Å². The third kappa shape index (κ3) is 26.1. The highest BCUT2D eigenvalue weighted by atomic mass is 16.5. The molecule has 4 rings (SSSR count). The van der Waals surface area contributed by atoms with Crippen molar-refractivity contribution in [3.63, 3.8) is 0 Å². The molecule has 1 unspecified atom stereocenters. The topological polar surface area (TPSA) is 79.0 Å². The van der Waals surface area contributed by atoms with Gasteiger partial charge >= 0.3 is 5.97 Å². The Morgan fingerprint density at radius 3 is 1.54 bits per heavy atom. The third-order valence-electron chi connectivity index (χ3n) is 13.9. The first-order valence-corrected chi connectivity index (χ1v) is 27.1. The van der Waals surface area contributed by atoms with Gasteiger partial charge < -0.3 is 19.9 Å². The summed E-state index contributed by atoms with van der Waals surface area (Å²) in [6.45, 7) is 6.24. The monoisotopic (exact) mass is 900 g/mol. The maximum Gasteiger partial charge on any atom is 0.305 e. The van der Waals surface area contributed by atoms with Crippen molar-refractivity contribution >= 4 is 17.8 Å². The molecule has 4 aliphatic carbocycles. The number of rotatable bonds is 39. The van der Waals surface area contributed by atoms with Crippen LogP contribution in [0.15, 0.2) is 72.9 Å². The molecule has 0 aromatic rings. The van der Waals surface area contributed by atoms with Gasteiger partial charge in [-0.25, -0.2) is 0 Å². The predicted molar refractivity (Wildman–Crippen MR) is 276 cm³/mol. The molecule has 4 bridgehead atoms. The van der Waals surface area contributed by atoms with Gasteiger partial charge in [0.15, 0.2) is 0 Å². The van der Waals surface area contributed by atoms with Crippen LogP contribution in [0.2, 0.25) is 0 Å². The number of carbonyl (C=O) groups excluding carboxylic acids is 3. The number of amides is 2. The predicted octanol–water partition coefficient (Wildman–Crippen LogP) is 14.5. The second-order valence-electron chi connectivity index (χ2n) is 20.2. The molecule has 4 saturated carbocycles. The summed E-state index contributed by atoms with van der Waals surface area (Å²) in [7, 11) is 4.15. The fourth-order valence-corrected chi connectivity index (χ4v) is 10.9. The molecule has 0 saturated heterocycles. The fourth-order valence-electron chi connectivity index (χ4n) is 10.9. The maximum absolute atomic E-state index is 14.6. The summed E-state index contributed by atoms with van der Waals surface area (Å²) in [4.78, 5) is 45.4. The molecule has 0 heterocycles. The van der Waals surface area contributed by atoms with Crippen LogP contribution in [-0.4, -0.2) is 73.0 Å². The zero-order chi connectivity index (χ0) is 46.6. The van der Waals surface area contributed by atoms with Gasteiger partial charge in [-0.3, -0.25) is 14.4 Å². The molecule has 0 spiro atoms. The van der Waals surface area contributed by atoms with Crippen LogP contribution in [0.5, 0.6) is 0 Å². The molecule has 0 aromatic carbocycles. The molecule has 4 fully saturated rings. The van der Waals surface area contributed by atoms with Crippen LogP contribution in [0.1, 0.15) is 213 Å². The van der Waals surface area contributed by atoms with E-state index in [0.29, 0.717) is 32.4 Å². The highest BCUT2D eigenvalue weighted by Gasteiger charge is 2.52. The second-order valence-corrected chi connectivity index (χ2v) is 20.2. The van der Waals surface area contributed by atoms with Crippen LogP contribution in [0.3, 0.4) is 0 Å². The number of allylic oxidation sites excluding steroid dienone is 12. The molecule has 0 aliphatic heterocycles. The molecule has 0 radical (unpaired) electrons. The first kappa shape index (κ1) is 56.1. The van der Waals surface area contributed by atoms with Crippen molar-refractivity contribution in [1.82, 2.24) is 15.1 Å². The second kappa shape index (κ2) is 35.9. The largest absolute Gasteiger partial charge is 0.466 e. The van der Waals surface area contributed by atoms with Crippen molar-refractivity contribution in [1.29, 1.82) is 0 Å². The third-order valence-corrected chi connectivity index (χ3v) is 13.9. The SMILES string of the molecule is CC/C=C\C/C=C\C/C=C\CCCCCCCC(=O)OCCCCCC(C(=O)NC12CC3CC(CC(C3)C1)C2)N(CCCN(C)C)C(=O)CCCCCCC/C=C\C/C=C\C/C=C\CC. The van der Waals surface area contributed by atoms with E-state index >= 15 is 0 Å². The van der Waals surface area contributed by atoms with Crippen LogP contribution >= 0.6 is 0 Å². The van der Waals surface area contributed by atoms with E-state index in [1.54, 1.807) is 0 Å². The number of unbranched alkanes of at least 4 members (excludes halogenated alkanes) is 12. The number of ether oxygens (including phenoxy) is 1. The smallest absolute Gasteiger partial charge is 0.305 e. The summed E-state index contributed by atoms with van der Waals surface area (Å²) in [6.07, 6.45) is 58.7. The van der Waals surface area contributed by atoms with Gasteiger partial charge in [-0.05, 0) is 180 Å². The Morgan fingerprint density at radius 1 is 0.554 bits per heavy atom. The highest BCUT2D eigenvalue weighted by molar-refractivity contribution is 5.88. The Labute approximate surface area is 399 Å². The van der Waals surface area contributed by atoms with Gasteiger partial charge in [0.2, 0.25) is 11.8 Å². The summed E-state index contributed by atoms with van der Waals surface area (Å²) < 4.78 is 5.64. The van der Waals surface area contributed by atoms with E-state index in [9.17, 15) is 14.4 Å². The highest BCUT2D eigenvalue weighted by Crippen LogP contribution is 2.55. The van der Waals surface area contributed by atoms with Crippen LogP contribution < -0.4 is 5.32 Å². The summed E-state index contributed by atoms with van der Waals surface area (Å²) in [5, 5.41) is 3.67. The first-order valence-electron chi connectivity index (χ1n) is 27.1.